The maximum Gasteiger partial charge on any atom is 0.0740 e. The van der Waals surface area contributed by atoms with Gasteiger partial charge in [-0.15, -0.1) is 0 Å². The molecule has 0 aromatic rings. The number of hydrogen-bond donors (Lipinski definition) is 1. The molecular weight excluding hydrogens is 232 g/mol. The Labute approximate surface area is 111 Å². The number of rotatable bonds is 8. The van der Waals surface area contributed by atoms with Gasteiger partial charge in [-0.25, -0.2) is 0 Å². The molecule has 3 nitrogen and oxygen atoms in total. The van der Waals surface area contributed by atoms with Gasteiger partial charge in [0.15, 0.2) is 0 Å². The molecule has 1 fully saturated rings. The maximum atomic E-state index is 5.63. The van der Waals surface area contributed by atoms with Crippen molar-refractivity contribution in [2.24, 2.45) is 5.73 Å². The molecule has 0 aromatic heterocycles. The van der Waals surface area contributed by atoms with Crippen LogP contribution in [0.1, 0.15) is 46.0 Å². The van der Waals surface area contributed by atoms with Crippen LogP contribution in [0, 0.1) is 0 Å². The van der Waals surface area contributed by atoms with Gasteiger partial charge in [-0.2, -0.15) is 0 Å². The fourth-order valence-corrected chi connectivity index (χ4v) is 2.37. The van der Waals surface area contributed by atoms with Gasteiger partial charge < -0.3 is 15.4 Å². The molecule has 1 aliphatic rings. The van der Waals surface area contributed by atoms with Gasteiger partial charge in [-0.05, 0) is 46.1 Å². The van der Waals surface area contributed by atoms with Crippen molar-refractivity contribution in [2.75, 3.05) is 19.7 Å². The highest BCUT2D eigenvalue weighted by Crippen LogP contribution is 2.17. The first-order chi connectivity index (χ1) is 8.09. The number of thiocarbonyl (C=S) groups is 1. The molecule has 0 spiro atoms. The Kier molecular flexibility index (Phi) is 7.00. The molecule has 1 rings (SSSR count). The van der Waals surface area contributed by atoms with Crippen LogP contribution in [-0.4, -0.2) is 41.7 Å². The SMILES string of the molecule is CC(C)N(CCCC1CCCO1)CCC(N)=S. The van der Waals surface area contributed by atoms with E-state index in [9.17, 15) is 0 Å². The molecule has 1 heterocycles. The van der Waals surface area contributed by atoms with E-state index in [0.717, 1.165) is 26.1 Å². The Morgan fingerprint density at radius 1 is 1.47 bits per heavy atom. The average molecular weight is 258 g/mol. The molecule has 2 N–H and O–H groups in total. The predicted molar refractivity (Wildman–Crippen MR) is 76.3 cm³/mol. The molecule has 17 heavy (non-hydrogen) atoms. The first-order valence-corrected chi connectivity index (χ1v) is 7.14. The van der Waals surface area contributed by atoms with Crippen LogP contribution in [0.4, 0.5) is 0 Å². The lowest BCUT2D eigenvalue weighted by molar-refractivity contribution is 0.0971. The Bertz CT molecular complexity index is 227. The van der Waals surface area contributed by atoms with E-state index in [1.807, 2.05) is 0 Å². The third-order valence-electron chi connectivity index (χ3n) is 3.37. The highest BCUT2D eigenvalue weighted by Gasteiger charge is 2.16. The monoisotopic (exact) mass is 258 g/mol. The van der Waals surface area contributed by atoms with E-state index in [4.69, 9.17) is 22.7 Å². The second kappa shape index (κ2) is 8.01. The first kappa shape index (κ1) is 14.9. The van der Waals surface area contributed by atoms with Crippen LogP contribution in [0.5, 0.6) is 0 Å². The summed E-state index contributed by atoms with van der Waals surface area (Å²) in [5.74, 6) is 0. The van der Waals surface area contributed by atoms with Crippen molar-refractivity contribution in [1.82, 2.24) is 4.90 Å². The fraction of sp³-hybridized carbons (Fsp3) is 0.923. The number of ether oxygens (including phenoxy) is 1. The van der Waals surface area contributed by atoms with E-state index in [2.05, 4.69) is 18.7 Å². The van der Waals surface area contributed by atoms with Crippen molar-refractivity contribution in [2.45, 2.75) is 58.1 Å². The molecule has 0 radical (unpaired) electrons. The summed E-state index contributed by atoms with van der Waals surface area (Å²) < 4.78 is 5.63. The van der Waals surface area contributed by atoms with Crippen LogP contribution in [0.2, 0.25) is 0 Å². The highest BCUT2D eigenvalue weighted by atomic mass is 32.1. The minimum absolute atomic E-state index is 0.514. The van der Waals surface area contributed by atoms with Crippen molar-refractivity contribution in [1.29, 1.82) is 0 Å². The second-order valence-corrected chi connectivity index (χ2v) is 5.65. The summed E-state index contributed by atoms with van der Waals surface area (Å²) in [6, 6.07) is 0.564. The topological polar surface area (TPSA) is 38.5 Å². The van der Waals surface area contributed by atoms with Gasteiger partial charge in [0.25, 0.3) is 0 Å². The normalized spacial score (nSPS) is 20.4. The van der Waals surface area contributed by atoms with Gasteiger partial charge in [-0.1, -0.05) is 12.2 Å². The van der Waals surface area contributed by atoms with Crippen molar-refractivity contribution >= 4 is 17.2 Å². The lowest BCUT2D eigenvalue weighted by atomic mass is 10.1. The van der Waals surface area contributed by atoms with Gasteiger partial charge in [-0.3, -0.25) is 0 Å². The molecule has 0 amide bonds. The van der Waals surface area contributed by atoms with Crippen LogP contribution < -0.4 is 5.73 Å². The Morgan fingerprint density at radius 2 is 2.24 bits per heavy atom. The van der Waals surface area contributed by atoms with E-state index in [1.54, 1.807) is 0 Å². The summed E-state index contributed by atoms with van der Waals surface area (Å²) in [7, 11) is 0. The van der Waals surface area contributed by atoms with E-state index >= 15 is 0 Å². The summed E-state index contributed by atoms with van der Waals surface area (Å²) in [6.07, 6.45) is 6.22. The number of nitrogens with zero attached hydrogens (tertiary/aromatic N) is 1. The first-order valence-electron chi connectivity index (χ1n) is 6.73. The molecule has 0 aromatic carbocycles. The van der Waals surface area contributed by atoms with Crippen molar-refractivity contribution in [3.8, 4) is 0 Å². The van der Waals surface area contributed by atoms with Gasteiger partial charge in [0.2, 0.25) is 0 Å². The van der Waals surface area contributed by atoms with Crippen LogP contribution in [0.3, 0.4) is 0 Å². The van der Waals surface area contributed by atoms with E-state index in [-0.39, 0.29) is 0 Å². The molecule has 1 atom stereocenters. The minimum Gasteiger partial charge on any atom is -0.393 e. The molecule has 1 saturated heterocycles. The van der Waals surface area contributed by atoms with Gasteiger partial charge in [0, 0.05) is 25.6 Å². The molecule has 0 saturated carbocycles. The standard InChI is InChI=1S/C13H26N2OS/c1-11(2)15(9-7-13(14)17)8-3-5-12-6-4-10-16-12/h11-12H,3-10H2,1-2H3,(H2,14,17). The fourth-order valence-electron chi connectivity index (χ4n) is 2.28. The molecule has 1 unspecified atom stereocenters. The molecule has 0 aliphatic carbocycles. The molecule has 1 aliphatic heterocycles. The largest absolute Gasteiger partial charge is 0.393 e. The van der Waals surface area contributed by atoms with Crippen molar-refractivity contribution in [3.63, 3.8) is 0 Å². The van der Waals surface area contributed by atoms with Crippen LogP contribution >= 0.6 is 12.2 Å². The predicted octanol–water partition coefficient (Wildman–Crippen LogP) is 2.33. The van der Waals surface area contributed by atoms with Crippen LogP contribution in [-0.2, 0) is 4.74 Å². The smallest absolute Gasteiger partial charge is 0.0740 e. The van der Waals surface area contributed by atoms with E-state index in [1.165, 1.54) is 25.7 Å². The quantitative estimate of drug-likeness (QED) is 0.678. The molecular formula is C13H26N2OS. The lowest BCUT2D eigenvalue weighted by Gasteiger charge is -2.26. The summed E-state index contributed by atoms with van der Waals surface area (Å²) in [5, 5.41) is 0. The Hall–Kier alpha value is -0.190. The van der Waals surface area contributed by atoms with E-state index < -0.39 is 0 Å². The number of nitrogens with two attached hydrogens (primary N) is 1. The van der Waals surface area contributed by atoms with Crippen molar-refractivity contribution in [3.05, 3.63) is 0 Å². The number of hydrogen-bond acceptors (Lipinski definition) is 3. The Balaban J connectivity index is 2.16. The van der Waals surface area contributed by atoms with E-state index in [0.29, 0.717) is 17.1 Å². The summed E-state index contributed by atoms with van der Waals surface area (Å²) >= 11 is 4.93. The zero-order valence-electron chi connectivity index (χ0n) is 11.2. The third-order valence-corrected chi connectivity index (χ3v) is 3.58. The molecule has 0 bridgehead atoms. The lowest BCUT2D eigenvalue weighted by Crippen LogP contribution is -2.34. The van der Waals surface area contributed by atoms with Gasteiger partial charge in [0.1, 0.15) is 0 Å². The zero-order valence-corrected chi connectivity index (χ0v) is 12.0. The van der Waals surface area contributed by atoms with Crippen LogP contribution in [0.25, 0.3) is 0 Å². The molecule has 100 valence electrons. The minimum atomic E-state index is 0.514. The summed E-state index contributed by atoms with van der Waals surface area (Å²) in [4.78, 5) is 3.07. The average Bonchev–Trinajstić information content (AvgIpc) is 2.74. The highest BCUT2D eigenvalue weighted by molar-refractivity contribution is 7.80. The second-order valence-electron chi connectivity index (χ2n) is 5.12. The zero-order chi connectivity index (χ0) is 12.7. The maximum absolute atomic E-state index is 5.63. The van der Waals surface area contributed by atoms with Gasteiger partial charge >= 0.3 is 0 Å². The van der Waals surface area contributed by atoms with Crippen LogP contribution in [0.15, 0.2) is 0 Å². The summed E-state index contributed by atoms with van der Waals surface area (Å²) in [5.41, 5.74) is 5.55. The Morgan fingerprint density at radius 3 is 2.76 bits per heavy atom. The van der Waals surface area contributed by atoms with Crippen molar-refractivity contribution < 1.29 is 4.74 Å². The molecule has 4 heteroatoms. The third kappa shape index (κ3) is 6.34. The van der Waals surface area contributed by atoms with Gasteiger partial charge in [0.05, 0.1) is 11.1 Å². The summed E-state index contributed by atoms with van der Waals surface area (Å²) in [6.45, 7) is 7.52.